The zero-order valence-corrected chi connectivity index (χ0v) is 24.1. The van der Waals surface area contributed by atoms with Crippen LogP contribution in [0.15, 0.2) is 57.2 Å². The molecule has 0 aliphatic heterocycles. The average Bonchev–Trinajstić information content (AvgIpc) is 3.22. The van der Waals surface area contributed by atoms with Gasteiger partial charge in [0.2, 0.25) is 10.0 Å². The lowest BCUT2D eigenvalue weighted by Gasteiger charge is -2.21. The number of carbonyl (C=O) groups is 1. The van der Waals surface area contributed by atoms with Gasteiger partial charge in [0, 0.05) is 52.8 Å². The standard InChI is InChI=1S/C24H31N3O8S3/c1-33-14-11-26(12-15-34-2)38(31,32)19-7-5-18(6-8-19)23(28)25-24-27(13-16-35-3)21-10-9-20(37(4,29)30)17-22(21)36-24/h5-10,17H,11-16H2,1-4H3. The summed E-state index contributed by atoms with van der Waals surface area (Å²) in [5.41, 5.74) is 0.927. The smallest absolute Gasteiger partial charge is 0.279 e. The van der Waals surface area contributed by atoms with E-state index in [0.717, 1.165) is 11.8 Å². The van der Waals surface area contributed by atoms with E-state index in [1.807, 2.05) is 0 Å². The first-order valence-electron chi connectivity index (χ1n) is 11.5. The molecule has 0 saturated heterocycles. The van der Waals surface area contributed by atoms with Crippen molar-refractivity contribution in [3.05, 3.63) is 52.8 Å². The molecule has 0 fully saturated rings. The molecule has 1 aromatic heterocycles. The van der Waals surface area contributed by atoms with E-state index in [4.69, 9.17) is 14.2 Å². The van der Waals surface area contributed by atoms with Gasteiger partial charge in [0.05, 0.1) is 39.8 Å². The van der Waals surface area contributed by atoms with E-state index >= 15 is 0 Å². The fraction of sp³-hybridized carbons (Fsp3) is 0.417. The van der Waals surface area contributed by atoms with E-state index in [1.54, 1.807) is 23.8 Å². The SMILES string of the molecule is COCCN(CCOC)S(=O)(=O)c1ccc(C(=O)N=c2sc3cc(S(C)(=O)=O)ccc3n2CCOC)cc1. The van der Waals surface area contributed by atoms with Crippen molar-refractivity contribution in [3.63, 3.8) is 0 Å². The maximum Gasteiger partial charge on any atom is 0.279 e. The Bertz CT molecular complexity index is 1530. The summed E-state index contributed by atoms with van der Waals surface area (Å²) in [6, 6.07) is 10.3. The highest BCUT2D eigenvalue weighted by molar-refractivity contribution is 7.90. The summed E-state index contributed by atoms with van der Waals surface area (Å²) in [6.45, 7) is 1.52. The van der Waals surface area contributed by atoms with Crippen LogP contribution in [0.4, 0.5) is 0 Å². The summed E-state index contributed by atoms with van der Waals surface area (Å²) in [4.78, 5) is 17.9. The van der Waals surface area contributed by atoms with Gasteiger partial charge in [-0.2, -0.15) is 9.30 Å². The van der Waals surface area contributed by atoms with Crippen LogP contribution in [0.5, 0.6) is 0 Å². The van der Waals surface area contributed by atoms with Crippen molar-refractivity contribution < 1.29 is 35.8 Å². The van der Waals surface area contributed by atoms with Gasteiger partial charge in [-0.3, -0.25) is 4.79 Å². The molecule has 0 unspecified atom stereocenters. The fourth-order valence-electron chi connectivity index (χ4n) is 3.58. The third-order valence-corrected chi connectivity index (χ3v) is 9.69. The van der Waals surface area contributed by atoms with Gasteiger partial charge in [0.25, 0.3) is 5.91 Å². The summed E-state index contributed by atoms with van der Waals surface area (Å²) >= 11 is 1.18. The van der Waals surface area contributed by atoms with Crippen LogP contribution in [-0.2, 0) is 40.6 Å². The van der Waals surface area contributed by atoms with Gasteiger partial charge in [-0.1, -0.05) is 11.3 Å². The largest absolute Gasteiger partial charge is 0.383 e. The molecule has 0 aliphatic carbocycles. The van der Waals surface area contributed by atoms with Crippen LogP contribution in [0.2, 0.25) is 0 Å². The number of aromatic nitrogens is 1. The lowest BCUT2D eigenvalue weighted by atomic mass is 10.2. The second-order valence-corrected chi connectivity index (χ2v) is 13.2. The minimum absolute atomic E-state index is 0.0339. The zero-order chi connectivity index (χ0) is 27.9. The molecular weight excluding hydrogens is 554 g/mol. The maximum absolute atomic E-state index is 13.1. The molecule has 0 saturated carbocycles. The van der Waals surface area contributed by atoms with Crippen LogP contribution in [-0.4, -0.2) is 92.1 Å². The van der Waals surface area contributed by atoms with Crippen molar-refractivity contribution in [2.24, 2.45) is 4.99 Å². The first-order chi connectivity index (χ1) is 18.0. The Kier molecular flexibility index (Phi) is 10.3. The molecule has 11 nitrogen and oxygen atoms in total. The van der Waals surface area contributed by atoms with E-state index in [2.05, 4.69) is 4.99 Å². The molecule has 0 radical (unpaired) electrons. The third kappa shape index (κ3) is 7.14. The Morgan fingerprint density at radius 1 is 0.895 bits per heavy atom. The predicted molar refractivity (Wildman–Crippen MR) is 144 cm³/mol. The first-order valence-corrected chi connectivity index (χ1v) is 15.7. The molecule has 3 rings (SSSR count). The molecule has 3 aromatic rings. The van der Waals surface area contributed by atoms with Crippen LogP contribution >= 0.6 is 11.3 Å². The Morgan fingerprint density at radius 2 is 1.47 bits per heavy atom. The van der Waals surface area contributed by atoms with E-state index in [9.17, 15) is 21.6 Å². The molecule has 1 heterocycles. The van der Waals surface area contributed by atoms with E-state index < -0.39 is 25.8 Å². The molecule has 0 bridgehead atoms. The number of sulfone groups is 1. The van der Waals surface area contributed by atoms with Crippen LogP contribution in [0, 0.1) is 0 Å². The molecule has 0 atom stereocenters. The topological polar surface area (TPSA) is 134 Å². The minimum atomic E-state index is -3.83. The van der Waals surface area contributed by atoms with Gasteiger partial charge in [-0.05, 0) is 42.5 Å². The number of ether oxygens (including phenoxy) is 3. The lowest BCUT2D eigenvalue weighted by Crippen LogP contribution is -2.36. The van der Waals surface area contributed by atoms with Crippen LogP contribution in [0.1, 0.15) is 10.4 Å². The number of hydrogen-bond acceptors (Lipinski definition) is 9. The highest BCUT2D eigenvalue weighted by Crippen LogP contribution is 2.22. The Morgan fingerprint density at radius 3 is 2.03 bits per heavy atom. The molecule has 208 valence electrons. The highest BCUT2D eigenvalue weighted by Gasteiger charge is 2.24. The van der Waals surface area contributed by atoms with Gasteiger partial charge in [0.1, 0.15) is 0 Å². The van der Waals surface area contributed by atoms with Crippen molar-refractivity contribution in [3.8, 4) is 0 Å². The van der Waals surface area contributed by atoms with Crippen molar-refractivity contribution in [1.29, 1.82) is 0 Å². The number of rotatable bonds is 13. The number of thiazole rings is 1. The quantitative estimate of drug-likeness (QED) is 0.296. The van der Waals surface area contributed by atoms with Crippen molar-refractivity contribution in [1.82, 2.24) is 8.87 Å². The lowest BCUT2D eigenvalue weighted by molar-refractivity contribution is 0.0997. The molecule has 2 aromatic carbocycles. The number of carbonyl (C=O) groups excluding carboxylic acids is 1. The summed E-state index contributed by atoms with van der Waals surface area (Å²) in [7, 11) is -2.70. The first kappa shape index (κ1) is 30.1. The number of sulfonamides is 1. The molecule has 1 amide bonds. The van der Waals surface area contributed by atoms with Crippen molar-refractivity contribution >= 4 is 47.3 Å². The number of benzene rings is 2. The summed E-state index contributed by atoms with van der Waals surface area (Å²) in [5.74, 6) is -0.564. The fourth-order valence-corrected chi connectivity index (χ4v) is 6.80. The highest BCUT2D eigenvalue weighted by atomic mass is 32.2. The van der Waals surface area contributed by atoms with Gasteiger partial charge < -0.3 is 18.8 Å². The normalized spacial score (nSPS) is 13.0. The predicted octanol–water partition coefficient (Wildman–Crippen LogP) is 1.78. The zero-order valence-electron chi connectivity index (χ0n) is 21.6. The molecule has 14 heteroatoms. The average molecular weight is 586 g/mol. The van der Waals surface area contributed by atoms with Gasteiger partial charge in [-0.25, -0.2) is 16.8 Å². The second-order valence-electron chi connectivity index (χ2n) is 8.26. The second kappa shape index (κ2) is 13.1. The van der Waals surface area contributed by atoms with Crippen molar-refractivity contribution in [2.45, 2.75) is 16.3 Å². The molecule has 0 spiro atoms. The third-order valence-electron chi connectivity index (χ3n) is 5.63. The summed E-state index contributed by atoms with van der Waals surface area (Å²) in [5, 5.41) is 0. The van der Waals surface area contributed by atoms with Gasteiger partial charge >= 0.3 is 0 Å². The van der Waals surface area contributed by atoms with Crippen LogP contribution in [0.25, 0.3) is 10.2 Å². The number of nitrogens with zero attached hydrogens (tertiary/aromatic N) is 3. The number of fused-ring (bicyclic) bond motifs is 1. The molecule has 38 heavy (non-hydrogen) atoms. The maximum atomic E-state index is 13.1. The number of methoxy groups -OCH3 is 3. The van der Waals surface area contributed by atoms with Crippen LogP contribution < -0.4 is 4.80 Å². The molecule has 0 aliphatic rings. The van der Waals surface area contributed by atoms with E-state index in [-0.39, 0.29) is 41.7 Å². The van der Waals surface area contributed by atoms with Gasteiger partial charge in [0.15, 0.2) is 14.6 Å². The Balaban J connectivity index is 1.96. The minimum Gasteiger partial charge on any atom is -0.383 e. The number of amides is 1. The monoisotopic (exact) mass is 585 g/mol. The summed E-state index contributed by atoms with van der Waals surface area (Å²) in [6.07, 6.45) is 1.13. The van der Waals surface area contributed by atoms with E-state index in [0.29, 0.717) is 22.7 Å². The Labute approximate surface area is 226 Å². The Hall–Kier alpha value is -2.46. The van der Waals surface area contributed by atoms with Gasteiger partial charge in [-0.15, -0.1) is 0 Å². The number of hydrogen-bond donors (Lipinski definition) is 0. The molecular formula is C24H31N3O8S3. The van der Waals surface area contributed by atoms with E-state index in [1.165, 1.54) is 60.2 Å². The van der Waals surface area contributed by atoms with Crippen LogP contribution in [0.3, 0.4) is 0 Å². The molecule has 0 N–H and O–H groups in total. The van der Waals surface area contributed by atoms with Crippen molar-refractivity contribution in [2.75, 3.05) is 60.5 Å². The summed E-state index contributed by atoms with van der Waals surface area (Å²) < 4.78 is 69.1.